The number of benzene rings is 1. The van der Waals surface area contributed by atoms with Crippen LogP contribution in [-0.2, 0) is 0 Å². The average molecular weight is 329 g/mol. The second-order valence-corrected chi connectivity index (χ2v) is 5.95. The maximum absolute atomic E-state index is 5.79. The largest absolute Gasteiger partial charge is 0.486 e. The van der Waals surface area contributed by atoms with E-state index in [1.807, 2.05) is 12.1 Å². The quantitative estimate of drug-likeness (QED) is 0.872. The summed E-state index contributed by atoms with van der Waals surface area (Å²) in [4.78, 5) is 0. The van der Waals surface area contributed by atoms with Crippen molar-refractivity contribution in [3.8, 4) is 11.5 Å². The van der Waals surface area contributed by atoms with Gasteiger partial charge in [-0.15, -0.1) is 0 Å². The highest BCUT2D eigenvalue weighted by Crippen LogP contribution is 2.38. The van der Waals surface area contributed by atoms with E-state index in [-0.39, 0.29) is 0 Å². The molecule has 0 aromatic heterocycles. The lowest BCUT2D eigenvalue weighted by atomic mass is 9.96. The summed E-state index contributed by atoms with van der Waals surface area (Å²) in [5, 5.41) is 3.43. The summed E-state index contributed by atoms with van der Waals surface area (Å²) in [7, 11) is 0. The topological polar surface area (TPSA) is 56.5 Å². The molecule has 3 N–H and O–H groups in total. The van der Waals surface area contributed by atoms with Gasteiger partial charge in [0, 0.05) is 23.2 Å². The number of nitrogens with one attached hydrogen (secondary N) is 1. The van der Waals surface area contributed by atoms with Crippen LogP contribution in [0.2, 0.25) is 0 Å². The van der Waals surface area contributed by atoms with Gasteiger partial charge >= 0.3 is 0 Å². The fourth-order valence-corrected chi connectivity index (χ4v) is 2.49. The fourth-order valence-electron chi connectivity index (χ4n) is 2.03. The number of rotatable bonds is 5. The van der Waals surface area contributed by atoms with Gasteiger partial charge < -0.3 is 20.5 Å². The van der Waals surface area contributed by atoms with Crippen LogP contribution in [0.15, 0.2) is 16.6 Å². The van der Waals surface area contributed by atoms with E-state index < -0.39 is 0 Å². The number of hydrogen-bond acceptors (Lipinski definition) is 4. The Labute approximate surface area is 122 Å². The molecule has 1 heterocycles. The van der Waals surface area contributed by atoms with Crippen LogP contribution < -0.4 is 20.5 Å². The summed E-state index contributed by atoms with van der Waals surface area (Å²) >= 11 is 3.56. The Balaban J connectivity index is 2.08. The summed E-state index contributed by atoms with van der Waals surface area (Å²) in [6, 6.07) is 3.93. The lowest BCUT2D eigenvalue weighted by Crippen LogP contribution is -2.27. The Morgan fingerprint density at radius 3 is 2.47 bits per heavy atom. The third kappa shape index (κ3) is 3.54. The number of ether oxygens (including phenoxy) is 2. The Hall–Kier alpha value is -0.940. The van der Waals surface area contributed by atoms with Crippen LogP contribution in [0.4, 0.5) is 5.69 Å². The highest BCUT2D eigenvalue weighted by molar-refractivity contribution is 9.10. The van der Waals surface area contributed by atoms with Crippen LogP contribution in [0.1, 0.15) is 13.8 Å². The molecule has 0 spiro atoms. The monoisotopic (exact) mass is 328 g/mol. The Morgan fingerprint density at radius 1 is 1.26 bits per heavy atom. The van der Waals surface area contributed by atoms with E-state index in [0.29, 0.717) is 31.6 Å². The zero-order valence-corrected chi connectivity index (χ0v) is 13.0. The normalized spacial score (nSPS) is 15.4. The van der Waals surface area contributed by atoms with E-state index in [4.69, 9.17) is 15.2 Å². The van der Waals surface area contributed by atoms with Crippen molar-refractivity contribution in [3.05, 3.63) is 16.6 Å². The van der Waals surface area contributed by atoms with Gasteiger partial charge in [0.15, 0.2) is 11.5 Å². The molecule has 0 fully saturated rings. The predicted molar refractivity (Wildman–Crippen MR) is 81.0 cm³/mol. The highest BCUT2D eigenvalue weighted by atomic mass is 79.9. The second-order valence-electron chi connectivity index (χ2n) is 5.10. The molecule has 106 valence electrons. The fraction of sp³-hybridized carbons (Fsp3) is 0.571. The van der Waals surface area contributed by atoms with Crippen molar-refractivity contribution >= 4 is 21.6 Å². The maximum atomic E-state index is 5.79. The van der Waals surface area contributed by atoms with E-state index in [1.54, 1.807) is 0 Å². The van der Waals surface area contributed by atoms with Gasteiger partial charge in [-0.2, -0.15) is 0 Å². The van der Waals surface area contributed by atoms with E-state index in [9.17, 15) is 0 Å². The molecular formula is C14H21BrN2O2. The highest BCUT2D eigenvalue weighted by Gasteiger charge is 2.16. The molecule has 1 aliphatic rings. The SMILES string of the molecule is CC(C)C(CN)CNc1cc2c(cc1Br)OCCO2. The third-order valence-corrected chi connectivity index (χ3v) is 4.09. The lowest BCUT2D eigenvalue weighted by molar-refractivity contribution is 0.171. The molecule has 2 rings (SSSR count). The van der Waals surface area contributed by atoms with Gasteiger partial charge in [-0.25, -0.2) is 0 Å². The van der Waals surface area contributed by atoms with Gasteiger partial charge in [0.2, 0.25) is 0 Å². The van der Waals surface area contributed by atoms with Crippen LogP contribution in [-0.4, -0.2) is 26.3 Å². The number of anilines is 1. The first kappa shape index (κ1) is 14.5. The Kier molecular flexibility index (Phi) is 4.93. The van der Waals surface area contributed by atoms with Crippen LogP contribution >= 0.6 is 15.9 Å². The maximum Gasteiger partial charge on any atom is 0.163 e. The molecule has 0 aliphatic carbocycles. The van der Waals surface area contributed by atoms with E-state index >= 15 is 0 Å². The molecule has 1 unspecified atom stereocenters. The van der Waals surface area contributed by atoms with Gasteiger partial charge in [-0.1, -0.05) is 13.8 Å². The van der Waals surface area contributed by atoms with Crippen molar-refractivity contribution in [1.29, 1.82) is 0 Å². The zero-order valence-electron chi connectivity index (χ0n) is 11.4. The second kappa shape index (κ2) is 6.48. The van der Waals surface area contributed by atoms with Crippen LogP contribution in [0.25, 0.3) is 0 Å². The summed E-state index contributed by atoms with van der Waals surface area (Å²) in [5.74, 6) is 2.61. The number of fused-ring (bicyclic) bond motifs is 1. The number of hydrogen-bond donors (Lipinski definition) is 2. The van der Waals surface area contributed by atoms with E-state index in [0.717, 1.165) is 28.2 Å². The van der Waals surface area contributed by atoms with E-state index in [1.165, 1.54) is 0 Å². The minimum absolute atomic E-state index is 0.458. The van der Waals surface area contributed by atoms with E-state index in [2.05, 4.69) is 35.1 Å². The van der Waals surface area contributed by atoms with Gasteiger partial charge in [0.1, 0.15) is 13.2 Å². The molecule has 1 atom stereocenters. The minimum atomic E-state index is 0.458. The standard InChI is InChI=1S/C14H21BrN2O2/c1-9(2)10(7-16)8-17-12-6-14-13(5-11(12)15)18-3-4-19-14/h5-6,9-10,17H,3-4,7-8,16H2,1-2H3. The minimum Gasteiger partial charge on any atom is -0.486 e. The van der Waals surface area contributed by atoms with Crippen molar-refractivity contribution in [2.45, 2.75) is 13.8 Å². The number of halogens is 1. The van der Waals surface area contributed by atoms with Crippen molar-refractivity contribution < 1.29 is 9.47 Å². The van der Waals surface area contributed by atoms with Crippen LogP contribution in [0, 0.1) is 11.8 Å². The molecule has 0 amide bonds. The Morgan fingerprint density at radius 2 is 1.89 bits per heavy atom. The molecule has 1 aliphatic heterocycles. The summed E-state index contributed by atoms with van der Waals surface area (Å²) in [5.41, 5.74) is 6.81. The van der Waals surface area contributed by atoms with Gasteiger partial charge in [0.05, 0.1) is 5.69 Å². The summed E-state index contributed by atoms with van der Waals surface area (Å²) in [6.45, 7) is 7.13. The molecule has 0 saturated carbocycles. The molecule has 0 radical (unpaired) electrons. The summed E-state index contributed by atoms with van der Waals surface area (Å²) < 4.78 is 12.1. The first-order valence-corrected chi connectivity index (χ1v) is 7.44. The Bertz CT molecular complexity index is 438. The van der Waals surface area contributed by atoms with Crippen LogP contribution in [0.5, 0.6) is 11.5 Å². The van der Waals surface area contributed by atoms with Gasteiger partial charge in [-0.05, 0) is 34.3 Å². The van der Waals surface area contributed by atoms with Crippen LogP contribution in [0.3, 0.4) is 0 Å². The van der Waals surface area contributed by atoms with Crippen molar-refractivity contribution in [2.75, 3.05) is 31.6 Å². The molecule has 0 saturated heterocycles. The van der Waals surface area contributed by atoms with Crippen molar-refractivity contribution in [2.24, 2.45) is 17.6 Å². The van der Waals surface area contributed by atoms with Gasteiger partial charge in [-0.3, -0.25) is 0 Å². The molecule has 19 heavy (non-hydrogen) atoms. The molecular weight excluding hydrogens is 308 g/mol. The smallest absolute Gasteiger partial charge is 0.163 e. The zero-order chi connectivity index (χ0) is 13.8. The summed E-state index contributed by atoms with van der Waals surface area (Å²) in [6.07, 6.45) is 0. The lowest BCUT2D eigenvalue weighted by Gasteiger charge is -2.23. The van der Waals surface area contributed by atoms with Crippen molar-refractivity contribution in [3.63, 3.8) is 0 Å². The first-order valence-electron chi connectivity index (χ1n) is 6.65. The molecule has 5 heteroatoms. The first-order chi connectivity index (χ1) is 9.11. The average Bonchev–Trinajstić information content (AvgIpc) is 2.39. The molecule has 4 nitrogen and oxygen atoms in total. The van der Waals surface area contributed by atoms with Gasteiger partial charge in [0.25, 0.3) is 0 Å². The molecule has 1 aromatic carbocycles. The van der Waals surface area contributed by atoms with Crippen molar-refractivity contribution in [1.82, 2.24) is 0 Å². The predicted octanol–water partition coefficient (Wildman–Crippen LogP) is 2.86. The molecule has 1 aromatic rings. The third-order valence-electron chi connectivity index (χ3n) is 3.43. The molecule has 0 bridgehead atoms. The number of nitrogens with two attached hydrogens (primary N) is 1.